The zero-order valence-electron chi connectivity index (χ0n) is 9.30. The first-order chi connectivity index (χ1) is 7.57. The molecular formula is C10H15ClFN3O2. The molecule has 1 rings (SSSR count). The lowest BCUT2D eigenvalue weighted by Crippen LogP contribution is -2.32. The first kappa shape index (κ1) is 15.6. The fraction of sp³-hybridized carbons (Fsp3) is 0.400. The predicted octanol–water partition coefficient (Wildman–Crippen LogP) is 0.987. The van der Waals surface area contributed by atoms with Gasteiger partial charge in [-0.3, -0.25) is 0 Å². The van der Waals surface area contributed by atoms with Gasteiger partial charge in [-0.25, -0.2) is 14.2 Å². The van der Waals surface area contributed by atoms with Crippen molar-refractivity contribution >= 4 is 24.2 Å². The lowest BCUT2D eigenvalue weighted by Gasteiger charge is -2.16. The number of hydrogen-bond donors (Lipinski definition) is 2. The number of alkyl halides is 1. The zero-order chi connectivity index (χ0) is 12.1. The molecule has 1 unspecified atom stereocenters. The minimum atomic E-state index is -1.94. The second-order valence-corrected chi connectivity index (χ2v) is 3.16. The van der Waals surface area contributed by atoms with E-state index in [9.17, 15) is 9.18 Å². The van der Waals surface area contributed by atoms with E-state index in [1.807, 2.05) is 0 Å². The Bertz CT molecular complexity index is 378. The average Bonchev–Trinajstić information content (AvgIpc) is 2.28. The van der Waals surface area contributed by atoms with Crippen LogP contribution in [-0.4, -0.2) is 23.7 Å². The quantitative estimate of drug-likeness (QED) is 0.791. The molecule has 4 N–H and O–H groups in total. The van der Waals surface area contributed by atoms with E-state index in [-0.39, 0.29) is 24.8 Å². The van der Waals surface area contributed by atoms with Crippen molar-refractivity contribution < 1.29 is 13.9 Å². The molecule has 2 atom stereocenters. The molecule has 1 aromatic rings. The van der Waals surface area contributed by atoms with E-state index in [1.165, 1.54) is 12.3 Å². The minimum absolute atomic E-state index is 0. The van der Waals surface area contributed by atoms with Crippen LogP contribution in [-0.2, 0) is 9.53 Å². The van der Waals surface area contributed by atoms with E-state index < -0.39 is 18.2 Å². The Morgan fingerprint density at radius 1 is 1.65 bits per heavy atom. The summed E-state index contributed by atoms with van der Waals surface area (Å²) in [5.74, 6) is -0.875. The molecule has 0 aliphatic carbocycles. The largest absolute Gasteiger partial charge is 0.464 e. The topological polar surface area (TPSA) is 91.2 Å². The van der Waals surface area contributed by atoms with Gasteiger partial charge in [0, 0.05) is 11.8 Å². The molecule has 0 aromatic carbocycles. The number of halogens is 2. The Morgan fingerprint density at radius 3 is 2.82 bits per heavy atom. The molecule has 1 aromatic heterocycles. The number of nitrogen functional groups attached to an aromatic ring is 1. The van der Waals surface area contributed by atoms with Crippen LogP contribution in [0.3, 0.4) is 0 Å². The van der Waals surface area contributed by atoms with Gasteiger partial charge in [0.25, 0.3) is 0 Å². The highest BCUT2D eigenvalue weighted by atomic mass is 35.5. The molecule has 0 saturated carbocycles. The van der Waals surface area contributed by atoms with Gasteiger partial charge in [0.15, 0.2) is 0 Å². The van der Waals surface area contributed by atoms with Crippen molar-refractivity contribution in [3.63, 3.8) is 0 Å². The van der Waals surface area contributed by atoms with Crippen LogP contribution in [0.25, 0.3) is 0 Å². The number of aromatic nitrogens is 1. The van der Waals surface area contributed by atoms with Crippen molar-refractivity contribution in [2.45, 2.75) is 19.1 Å². The van der Waals surface area contributed by atoms with Gasteiger partial charge in [0.05, 0.1) is 12.6 Å². The molecule has 0 aliphatic heterocycles. The summed E-state index contributed by atoms with van der Waals surface area (Å²) < 4.78 is 18.1. The Kier molecular flexibility index (Phi) is 6.45. The van der Waals surface area contributed by atoms with Gasteiger partial charge < -0.3 is 16.2 Å². The highest BCUT2D eigenvalue weighted by molar-refractivity contribution is 5.85. The molecule has 0 amide bonds. The van der Waals surface area contributed by atoms with Crippen LogP contribution in [0, 0.1) is 0 Å². The summed E-state index contributed by atoms with van der Waals surface area (Å²) in [4.78, 5) is 14.9. The van der Waals surface area contributed by atoms with Gasteiger partial charge in [-0.05, 0) is 13.0 Å². The summed E-state index contributed by atoms with van der Waals surface area (Å²) >= 11 is 0. The molecule has 96 valence electrons. The lowest BCUT2D eigenvalue weighted by atomic mass is 10.0. The highest BCUT2D eigenvalue weighted by Crippen LogP contribution is 2.21. The van der Waals surface area contributed by atoms with Crippen molar-refractivity contribution in [3.8, 4) is 0 Å². The maximum Gasteiger partial charge on any atom is 0.342 e. The number of nitrogens with zero attached hydrogens (tertiary/aromatic N) is 1. The van der Waals surface area contributed by atoms with Crippen LogP contribution >= 0.6 is 12.4 Å². The molecule has 0 radical (unpaired) electrons. The van der Waals surface area contributed by atoms with E-state index in [4.69, 9.17) is 11.5 Å². The number of pyridine rings is 1. The summed E-state index contributed by atoms with van der Waals surface area (Å²) in [5.41, 5.74) is 11.4. The molecule has 7 heteroatoms. The summed E-state index contributed by atoms with van der Waals surface area (Å²) in [6.07, 6.45) is -0.477. The van der Waals surface area contributed by atoms with Crippen molar-refractivity contribution in [1.29, 1.82) is 0 Å². The maximum absolute atomic E-state index is 13.6. The number of ether oxygens (including phenoxy) is 1. The Labute approximate surface area is 105 Å². The fourth-order valence-electron chi connectivity index (χ4n) is 1.24. The molecule has 0 aliphatic rings. The molecule has 0 spiro atoms. The van der Waals surface area contributed by atoms with E-state index >= 15 is 0 Å². The average molecular weight is 264 g/mol. The van der Waals surface area contributed by atoms with Crippen LogP contribution in [0.2, 0.25) is 0 Å². The Balaban J connectivity index is 0.00000256. The number of anilines is 1. The smallest absolute Gasteiger partial charge is 0.342 e. The lowest BCUT2D eigenvalue weighted by molar-refractivity contribution is -0.149. The fourth-order valence-corrected chi connectivity index (χ4v) is 1.24. The van der Waals surface area contributed by atoms with Crippen molar-refractivity contribution in [1.82, 2.24) is 4.98 Å². The standard InChI is InChI=1S/C10H14FN3O2.ClH/c1-2-16-10(15)7(11)8(12)6-4-3-5-14-9(6)13;/h3-5,7-8H,2,12H2,1H3,(H2,13,14);1H/t7?,8-;/m1./s1. The van der Waals surface area contributed by atoms with Crippen LogP contribution in [0.5, 0.6) is 0 Å². The Hall–Kier alpha value is -1.40. The monoisotopic (exact) mass is 263 g/mol. The van der Waals surface area contributed by atoms with Crippen LogP contribution in [0.1, 0.15) is 18.5 Å². The van der Waals surface area contributed by atoms with Gasteiger partial charge in [-0.15, -0.1) is 12.4 Å². The normalized spacial score (nSPS) is 13.4. The molecular weight excluding hydrogens is 249 g/mol. The van der Waals surface area contributed by atoms with Gasteiger partial charge in [0.2, 0.25) is 6.17 Å². The summed E-state index contributed by atoms with van der Waals surface area (Å²) in [5, 5.41) is 0. The summed E-state index contributed by atoms with van der Waals surface area (Å²) in [6.45, 7) is 1.70. The molecule has 0 bridgehead atoms. The minimum Gasteiger partial charge on any atom is -0.464 e. The van der Waals surface area contributed by atoms with Gasteiger partial charge >= 0.3 is 5.97 Å². The second kappa shape index (κ2) is 7.03. The maximum atomic E-state index is 13.6. The number of nitrogens with two attached hydrogens (primary N) is 2. The van der Waals surface area contributed by atoms with Crippen molar-refractivity contribution in [3.05, 3.63) is 23.9 Å². The molecule has 0 saturated heterocycles. The Morgan fingerprint density at radius 2 is 2.29 bits per heavy atom. The molecule has 5 nitrogen and oxygen atoms in total. The summed E-state index contributed by atoms with van der Waals surface area (Å²) in [7, 11) is 0. The number of rotatable bonds is 4. The number of carbonyl (C=O) groups excluding carboxylic acids is 1. The van der Waals surface area contributed by atoms with E-state index in [2.05, 4.69) is 9.72 Å². The number of carbonyl (C=O) groups is 1. The van der Waals surface area contributed by atoms with Crippen molar-refractivity contribution in [2.24, 2.45) is 5.73 Å². The third-order valence-electron chi connectivity index (χ3n) is 2.06. The van der Waals surface area contributed by atoms with Crippen LogP contribution in [0.15, 0.2) is 18.3 Å². The van der Waals surface area contributed by atoms with E-state index in [1.54, 1.807) is 13.0 Å². The first-order valence-corrected chi connectivity index (χ1v) is 4.84. The number of hydrogen-bond acceptors (Lipinski definition) is 5. The third kappa shape index (κ3) is 3.83. The third-order valence-corrected chi connectivity index (χ3v) is 2.06. The zero-order valence-corrected chi connectivity index (χ0v) is 10.1. The molecule has 0 fully saturated rings. The van der Waals surface area contributed by atoms with Crippen LogP contribution in [0.4, 0.5) is 10.2 Å². The van der Waals surface area contributed by atoms with E-state index in [0.717, 1.165) is 0 Å². The highest BCUT2D eigenvalue weighted by Gasteiger charge is 2.29. The second-order valence-electron chi connectivity index (χ2n) is 3.16. The first-order valence-electron chi connectivity index (χ1n) is 4.84. The SMILES string of the molecule is CCOC(=O)C(F)[C@H](N)c1cccnc1N.Cl. The molecule has 1 heterocycles. The van der Waals surface area contributed by atoms with Gasteiger partial charge in [-0.1, -0.05) is 6.07 Å². The van der Waals surface area contributed by atoms with Gasteiger partial charge in [0.1, 0.15) is 5.82 Å². The van der Waals surface area contributed by atoms with Crippen molar-refractivity contribution in [2.75, 3.05) is 12.3 Å². The van der Waals surface area contributed by atoms with Gasteiger partial charge in [-0.2, -0.15) is 0 Å². The number of esters is 1. The summed E-state index contributed by atoms with van der Waals surface area (Å²) in [6, 6.07) is 1.94. The predicted molar refractivity (Wildman–Crippen MR) is 64.4 cm³/mol. The van der Waals surface area contributed by atoms with E-state index in [0.29, 0.717) is 5.56 Å². The molecule has 17 heavy (non-hydrogen) atoms. The van der Waals surface area contributed by atoms with Crippen LogP contribution < -0.4 is 11.5 Å².